The van der Waals surface area contributed by atoms with Crippen LogP contribution in [0.15, 0.2) is 24.4 Å². The zero-order valence-electron chi connectivity index (χ0n) is 8.74. The van der Waals surface area contributed by atoms with Crippen LogP contribution in [0.2, 0.25) is 0 Å². The number of halogens is 1. The molecule has 0 N–H and O–H groups in total. The molecule has 0 atom stereocenters. The SMILES string of the molecule is CCn1nc(-c2ccc(F)cn2)cc1C. The third-order valence-electron chi connectivity index (χ3n) is 2.27. The van der Waals surface area contributed by atoms with Gasteiger partial charge in [-0.05, 0) is 32.0 Å². The van der Waals surface area contributed by atoms with Crippen LogP contribution in [0, 0.1) is 12.7 Å². The van der Waals surface area contributed by atoms with Gasteiger partial charge in [-0.1, -0.05) is 0 Å². The van der Waals surface area contributed by atoms with Crippen LogP contribution in [0.1, 0.15) is 12.6 Å². The minimum absolute atomic E-state index is 0.328. The van der Waals surface area contributed by atoms with E-state index >= 15 is 0 Å². The first-order valence-corrected chi connectivity index (χ1v) is 4.87. The van der Waals surface area contributed by atoms with E-state index in [1.165, 1.54) is 12.3 Å². The number of nitrogens with zero attached hydrogens (tertiary/aromatic N) is 3. The third-order valence-corrected chi connectivity index (χ3v) is 2.27. The monoisotopic (exact) mass is 205 g/mol. The summed E-state index contributed by atoms with van der Waals surface area (Å²) >= 11 is 0. The largest absolute Gasteiger partial charge is 0.269 e. The fraction of sp³-hybridized carbons (Fsp3) is 0.273. The highest BCUT2D eigenvalue weighted by Crippen LogP contribution is 2.16. The minimum Gasteiger partial charge on any atom is -0.269 e. The van der Waals surface area contributed by atoms with Gasteiger partial charge in [0.1, 0.15) is 11.5 Å². The Labute approximate surface area is 87.6 Å². The van der Waals surface area contributed by atoms with E-state index in [0.717, 1.165) is 17.9 Å². The van der Waals surface area contributed by atoms with Gasteiger partial charge in [-0.2, -0.15) is 5.10 Å². The highest BCUT2D eigenvalue weighted by Gasteiger charge is 2.06. The summed E-state index contributed by atoms with van der Waals surface area (Å²) in [6, 6.07) is 4.98. The van der Waals surface area contributed by atoms with Crippen molar-refractivity contribution in [2.75, 3.05) is 0 Å². The molecule has 0 saturated carbocycles. The Morgan fingerprint density at radius 3 is 2.67 bits per heavy atom. The Kier molecular flexibility index (Phi) is 2.49. The van der Waals surface area contributed by atoms with Crippen LogP contribution in [-0.2, 0) is 6.54 Å². The van der Waals surface area contributed by atoms with Gasteiger partial charge in [-0.3, -0.25) is 9.67 Å². The van der Waals surface area contributed by atoms with E-state index in [9.17, 15) is 4.39 Å². The normalized spacial score (nSPS) is 10.6. The zero-order valence-corrected chi connectivity index (χ0v) is 8.74. The van der Waals surface area contributed by atoms with E-state index in [-0.39, 0.29) is 5.82 Å². The zero-order chi connectivity index (χ0) is 10.8. The average molecular weight is 205 g/mol. The van der Waals surface area contributed by atoms with Gasteiger partial charge in [0.15, 0.2) is 0 Å². The van der Waals surface area contributed by atoms with E-state index in [1.807, 2.05) is 24.6 Å². The third kappa shape index (κ3) is 1.88. The number of hydrogen-bond donors (Lipinski definition) is 0. The summed E-state index contributed by atoms with van der Waals surface area (Å²) in [4.78, 5) is 3.99. The number of rotatable bonds is 2. The van der Waals surface area contributed by atoms with E-state index in [1.54, 1.807) is 6.07 Å². The van der Waals surface area contributed by atoms with Crippen molar-refractivity contribution in [2.24, 2.45) is 0 Å². The first kappa shape index (κ1) is 9.83. The summed E-state index contributed by atoms with van der Waals surface area (Å²) in [7, 11) is 0. The fourth-order valence-corrected chi connectivity index (χ4v) is 1.48. The van der Waals surface area contributed by atoms with Crippen molar-refractivity contribution < 1.29 is 4.39 Å². The Balaban J connectivity index is 2.41. The molecule has 78 valence electrons. The summed E-state index contributed by atoms with van der Waals surface area (Å²) in [5.74, 6) is -0.328. The lowest BCUT2D eigenvalue weighted by atomic mass is 10.2. The van der Waals surface area contributed by atoms with Gasteiger partial charge in [-0.15, -0.1) is 0 Å². The lowest BCUT2D eigenvalue weighted by molar-refractivity contribution is 0.621. The second-order valence-electron chi connectivity index (χ2n) is 3.35. The molecule has 3 nitrogen and oxygen atoms in total. The highest BCUT2D eigenvalue weighted by atomic mass is 19.1. The molecule has 0 radical (unpaired) electrons. The summed E-state index contributed by atoms with van der Waals surface area (Å²) in [6.07, 6.45) is 1.20. The molecule has 0 bridgehead atoms. The predicted molar refractivity (Wildman–Crippen MR) is 55.8 cm³/mol. The predicted octanol–water partition coefficient (Wildman–Crippen LogP) is 2.41. The van der Waals surface area contributed by atoms with Crippen molar-refractivity contribution in [3.05, 3.63) is 35.9 Å². The van der Waals surface area contributed by atoms with Gasteiger partial charge >= 0.3 is 0 Å². The van der Waals surface area contributed by atoms with E-state index in [0.29, 0.717) is 5.69 Å². The van der Waals surface area contributed by atoms with Crippen LogP contribution >= 0.6 is 0 Å². The molecule has 0 fully saturated rings. The van der Waals surface area contributed by atoms with Gasteiger partial charge in [-0.25, -0.2) is 4.39 Å². The molecular weight excluding hydrogens is 193 g/mol. The molecule has 2 aromatic heterocycles. The molecule has 0 saturated heterocycles. The van der Waals surface area contributed by atoms with E-state index < -0.39 is 0 Å². The van der Waals surface area contributed by atoms with Crippen molar-refractivity contribution >= 4 is 0 Å². The maximum Gasteiger partial charge on any atom is 0.141 e. The molecule has 2 rings (SSSR count). The lowest BCUT2D eigenvalue weighted by Crippen LogP contribution is -1.98. The topological polar surface area (TPSA) is 30.7 Å². The quantitative estimate of drug-likeness (QED) is 0.753. The van der Waals surface area contributed by atoms with Crippen LogP contribution in [0.25, 0.3) is 11.4 Å². The van der Waals surface area contributed by atoms with Crippen LogP contribution in [0.3, 0.4) is 0 Å². The minimum atomic E-state index is -0.328. The molecular formula is C11H12FN3. The smallest absolute Gasteiger partial charge is 0.141 e. The first-order chi connectivity index (χ1) is 7.20. The molecule has 2 aromatic rings. The Bertz CT molecular complexity index is 459. The van der Waals surface area contributed by atoms with Crippen LogP contribution < -0.4 is 0 Å². The van der Waals surface area contributed by atoms with Gasteiger partial charge in [0, 0.05) is 12.2 Å². The van der Waals surface area contributed by atoms with Crippen LogP contribution in [0.4, 0.5) is 4.39 Å². The highest BCUT2D eigenvalue weighted by molar-refractivity contribution is 5.53. The average Bonchev–Trinajstić information content (AvgIpc) is 2.61. The Morgan fingerprint density at radius 1 is 1.33 bits per heavy atom. The van der Waals surface area contributed by atoms with Crippen molar-refractivity contribution in [2.45, 2.75) is 20.4 Å². The summed E-state index contributed by atoms with van der Waals surface area (Å²) in [5, 5.41) is 4.36. The van der Waals surface area contributed by atoms with Gasteiger partial charge in [0.2, 0.25) is 0 Å². The number of aromatic nitrogens is 3. The summed E-state index contributed by atoms with van der Waals surface area (Å²) < 4.78 is 14.6. The maximum atomic E-state index is 12.7. The summed E-state index contributed by atoms with van der Waals surface area (Å²) in [5.41, 5.74) is 2.57. The van der Waals surface area contributed by atoms with Gasteiger partial charge < -0.3 is 0 Å². The first-order valence-electron chi connectivity index (χ1n) is 4.87. The molecule has 0 aliphatic rings. The molecule has 0 aliphatic heterocycles. The van der Waals surface area contributed by atoms with Crippen LogP contribution in [0.5, 0.6) is 0 Å². The second-order valence-corrected chi connectivity index (χ2v) is 3.35. The standard InChI is InChI=1S/C11H12FN3/c1-3-15-8(2)6-11(14-15)10-5-4-9(12)7-13-10/h4-7H,3H2,1-2H3. The van der Waals surface area contributed by atoms with E-state index in [4.69, 9.17) is 0 Å². The number of pyridine rings is 1. The van der Waals surface area contributed by atoms with E-state index in [2.05, 4.69) is 10.1 Å². The lowest BCUT2D eigenvalue weighted by Gasteiger charge is -1.97. The number of hydrogen-bond acceptors (Lipinski definition) is 2. The molecule has 0 spiro atoms. The molecule has 0 aromatic carbocycles. The van der Waals surface area contributed by atoms with Gasteiger partial charge in [0.05, 0.1) is 11.9 Å². The molecule has 2 heterocycles. The van der Waals surface area contributed by atoms with Crippen molar-refractivity contribution in [3.8, 4) is 11.4 Å². The summed E-state index contributed by atoms with van der Waals surface area (Å²) in [6.45, 7) is 4.85. The molecule has 0 amide bonds. The molecule has 4 heteroatoms. The van der Waals surface area contributed by atoms with Gasteiger partial charge in [0.25, 0.3) is 0 Å². The van der Waals surface area contributed by atoms with Crippen molar-refractivity contribution in [1.82, 2.24) is 14.8 Å². The maximum absolute atomic E-state index is 12.7. The molecule has 0 aliphatic carbocycles. The van der Waals surface area contributed by atoms with Crippen LogP contribution in [-0.4, -0.2) is 14.8 Å². The fourth-order valence-electron chi connectivity index (χ4n) is 1.48. The molecule has 15 heavy (non-hydrogen) atoms. The molecule has 0 unspecified atom stereocenters. The Morgan fingerprint density at radius 2 is 2.13 bits per heavy atom. The van der Waals surface area contributed by atoms with Crippen molar-refractivity contribution in [1.29, 1.82) is 0 Å². The number of aryl methyl sites for hydroxylation is 2. The second kappa shape index (κ2) is 3.81. The van der Waals surface area contributed by atoms with Crippen molar-refractivity contribution in [3.63, 3.8) is 0 Å². The Hall–Kier alpha value is -1.71.